The number of carbonyl (C=O) groups excluding carboxylic acids is 3. The van der Waals surface area contributed by atoms with Crippen LogP contribution in [0.15, 0.2) is 24.3 Å². The van der Waals surface area contributed by atoms with Gasteiger partial charge < -0.3 is 4.74 Å². The lowest BCUT2D eigenvalue weighted by molar-refractivity contribution is -0.143. The summed E-state index contributed by atoms with van der Waals surface area (Å²) in [5, 5.41) is 2.29. The third-order valence-electron chi connectivity index (χ3n) is 4.08. The second-order valence-corrected chi connectivity index (χ2v) is 5.12. The van der Waals surface area contributed by atoms with Crippen LogP contribution < -0.4 is 15.0 Å². The molecular weight excluding hydrogens is 284 g/mol. The van der Waals surface area contributed by atoms with E-state index < -0.39 is 23.3 Å². The number of barbiturate groups is 1. The standard InChI is InChI=1S/C16H20N2O4/c1-4-16(5-2)13(19)17-15(21)18(14(16)20)11-7-9-12(10-8-11)22-6-3/h7-10H,4-6H2,1-3H3,(H,17,19,21). The van der Waals surface area contributed by atoms with Gasteiger partial charge in [0.1, 0.15) is 11.2 Å². The maximum absolute atomic E-state index is 12.8. The highest BCUT2D eigenvalue weighted by atomic mass is 16.5. The monoisotopic (exact) mass is 304 g/mol. The van der Waals surface area contributed by atoms with Crippen molar-refractivity contribution in [3.8, 4) is 5.75 Å². The molecule has 0 aromatic heterocycles. The summed E-state index contributed by atoms with van der Waals surface area (Å²) in [7, 11) is 0. The summed E-state index contributed by atoms with van der Waals surface area (Å²) in [5.41, 5.74) is -0.767. The molecule has 0 unspecified atom stereocenters. The second-order valence-electron chi connectivity index (χ2n) is 5.12. The minimum absolute atomic E-state index is 0.342. The van der Waals surface area contributed by atoms with Crippen molar-refractivity contribution < 1.29 is 19.1 Å². The van der Waals surface area contributed by atoms with E-state index in [2.05, 4.69) is 5.32 Å². The second kappa shape index (κ2) is 6.17. The molecule has 118 valence electrons. The molecule has 0 saturated carbocycles. The number of imide groups is 2. The van der Waals surface area contributed by atoms with Crippen LogP contribution in [0.25, 0.3) is 0 Å². The number of carbonyl (C=O) groups is 3. The molecule has 4 amide bonds. The zero-order valence-corrected chi connectivity index (χ0v) is 13.0. The lowest BCUT2D eigenvalue weighted by atomic mass is 9.78. The molecule has 1 saturated heterocycles. The van der Waals surface area contributed by atoms with E-state index >= 15 is 0 Å². The largest absolute Gasteiger partial charge is 0.494 e. The van der Waals surface area contributed by atoms with E-state index in [0.29, 0.717) is 30.9 Å². The minimum Gasteiger partial charge on any atom is -0.494 e. The number of rotatable bonds is 5. The van der Waals surface area contributed by atoms with Crippen molar-refractivity contribution in [2.24, 2.45) is 5.41 Å². The van der Waals surface area contributed by atoms with Crippen molar-refractivity contribution in [3.05, 3.63) is 24.3 Å². The Hall–Kier alpha value is -2.37. The normalized spacial score (nSPS) is 17.4. The van der Waals surface area contributed by atoms with E-state index in [9.17, 15) is 14.4 Å². The van der Waals surface area contributed by atoms with Crippen LogP contribution in [0.2, 0.25) is 0 Å². The van der Waals surface area contributed by atoms with Crippen LogP contribution in [-0.2, 0) is 9.59 Å². The molecule has 1 aromatic carbocycles. The van der Waals surface area contributed by atoms with Crippen LogP contribution in [0, 0.1) is 5.41 Å². The van der Waals surface area contributed by atoms with Crippen LogP contribution in [0.4, 0.5) is 10.5 Å². The number of urea groups is 1. The van der Waals surface area contributed by atoms with Crippen molar-refractivity contribution in [2.75, 3.05) is 11.5 Å². The quantitative estimate of drug-likeness (QED) is 0.848. The molecule has 0 bridgehead atoms. The molecular formula is C16H20N2O4. The molecule has 1 aromatic rings. The van der Waals surface area contributed by atoms with Crippen molar-refractivity contribution >= 4 is 23.5 Å². The molecule has 0 radical (unpaired) electrons. The summed E-state index contributed by atoms with van der Waals surface area (Å²) in [5.74, 6) is -0.338. The molecule has 2 rings (SSSR count). The zero-order valence-electron chi connectivity index (χ0n) is 13.0. The molecule has 0 aliphatic carbocycles. The first kappa shape index (κ1) is 16.0. The zero-order chi connectivity index (χ0) is 16.3. The highest BCUT2D eigenvalue weighted by molar-refractivity contribution is 6.29. The highest BCUT2D eigenvalue weighted by Gasteiger charge is 2.51. The van der Waals surface area contributed by atoms with Crippen LogP contribution in [0.5, 0.6) is 5.75 Å². The summed E-state index contributed by atoms with van der Waals surface area (Å²) in [6.45, 7) is 5.95. The highest BCUT2D eigenvalue weighted by Crippen LogP contribution is 2.35. The fraction of sp³-hybridized carbons (Fsp3) is 0.438. The van der Waals surface area contributed by atoms with Gasteiger partial charge >= 0.3 is 6.03 Å². The van der Waals surface area contributed by atoms with Gasteiger partial charge in [0.15, 0.2) is 0 Å². The third-order valence-corrected chi connectivity index (χ3v) is 4.08. The predicted molar refractivity (Wildman–Crippen MR) is 81.7 cm³/mol. The van der Waals surface area contributed by atoms with Crippen LogP contribution in [-0.4, -0.2) is 24.5 Å². The van der Waals surface area contributed by atoms with E-state index in [-0.39, 0.29) is 0 Å². The van der Waals surface area contributed by atoms with Crippen molar-refractivity contribution in [1.29, 1.82) is 0 Å². The number of benzene rings is 1. The molecule has 6 heteroatoms. The number of ether oxygens (including phenoxy) is 1. The Morgan fingerprint density at radius 3 is 2.14 bits per heavy atom. The smallest absolute Gasteiger partial charge is 0.335 e. The van der Waals surface area contributed by atoms with E-state index in [0.717, 1.165) is 4.90 Å². The van der Waals surface area contributed by atoms with Crippen molar-refractivity contribution in [3.63, 3.8) is 0 Å². The molecule has 1 heterocycles. The Kier molecular flexibility index (Phi) is 4.49. The average Bonchev–Trinajstić information content (AvgIpc) is 2.50. The number of amides is 4. The molecule has 6 nitrogen and oxygen atoms in total. The number of nitrogens with zero attached hydrogens (tertiary/aromatic N) is 1. The minimum atomic E-state index is -1.19. The van der Waals surface area contributed by atoms with E-state index in [4.69, 9.17) is 4.74 Å². The van der Waals surface area contributed by atoms with Gasteiger partial charge in [0, 0.05) is 0 Å². The molecule has 0 spiro atoms. The lowest BCUT2D eigenvalue weighted by Gasteiger charge is -2.38. The number of anilines is 1. The Labute approximate surface area is 129 Å². The summed E-state index contributed by atoms with van der Waals surface area (Å²) < 4.78 is 5.34. The van der Waals surface area contributed by atoms with E-state index in [1.165, 1.54) is 0 Å². The SMILES string of the molecule is CCOc1ccc(N2C(=O)NC(=O)C(CC)(CC)C2=O)cc1. The lowest BCUT2D eigenvalue weighted by Crippen LogP contribution is -2.63. The number of hydrogen-bond acceptors (Lipinski definition) is 4. The molecule has 1 aliphatic heterocycles. The summed E-state index contributed by atoms with van der Waals surface area (Å²) >= 11 is 0. The Morgan fingerprint density at radius 2 is 1.64 bits per heavy atom. The molecule has 0 atom stereocenters. The van der Waals surface area contributed by atoms with Gasteiger partial charge in [-0.15, -0.1) is 0 Å². The summed E-state index contributed by atoms with van der Waals surface area (Å²) in [6, 6.07) is 5.93. The van der Waals surface area contributed by atoms with E-state index in [1.54, 1.807) is 38.1 Å². The first-order valence-corrected chi connectivity index (χ1v) is 7.43. The predicted octanol–water partition coefficient (Wildman–Crippen LogP) is 2.47. The van der Waals surface area contributed by atoms with Crippen LogP contribution in [0.3, 0.4) is 0 Å². The molecule has 1 aliphatic rings. The van der Waals surface area contributed by atoms with Gasteiger partial charge in [-0.05, 0) is 44.0 Å². The average molecular weight is 304 g/mol. The van der Waals surface area contributed by atoms with Gasteiger partial charge in [-0.1, -0.05) is 13.8 Å². The Morgan fingerprint density at radius 1 is 1.05 bits per heavy atom. The summed E-state index contributed by atoms with van der Waals surface area (Å²) in [6.07, 6.45) is 0.684. The van der Waals surface area contributed by atoms with Crippen molar-refractivity contribution in [2.45, 2.75) is 33.6 Å². The fourth-order valence-electron chi connectivity index (χ4n) is 2.64. The fourth-order valence-corrected chi connectivity index (χ4v) is 2.64. The molecule has 22 heavy (non-hydrogen) atoms. The topological polar surface area (TPSA) is 75.7 Å². The number of hydrogen-bond donors (Lipinski definition) is 1. The van der Waals surface area contributed by atoms with Gasteiger partial charge in [0.05, 0.1) is 12.3 Å². The first-order chi connectivity index (χ1) is 10.5. The Bertz CT molecular complexity index is 591. The van der Waals surface area contributed by atoms with Gasteiger partial charge in [0.25, 0.3) is 5.91 Å². The number of nitrogens with one attached hydrogen (secondary N) is 1. The van der Waals surface area contributed by atoms with Crippen LogP contribution >= 0.6 is 0 Å². The van der Waals surface area contributed by atoms with Gasteiger partial charge in [0.2, 0.25) is 5.91 Å². The summed E-state index contributed by atoms with van der Waals surface area (Å²) in [4.78, 5) is 38.0. The third kappa shape index (κ3) is 2.45. The molecule has 1 fully saturated rings. The molecule has 1 N–H and O–H groups in total. The first-order valence-electron chi connectivity index (χ1n) is 7.43. The maximum Gasteiger partial charge on any atom is 0.335 e. The van der Waals surface area contributed by atoms with Gasteiger partial charge in [-0.3, -0.25) is 14.9 Å². The van der Waals surface area contributed by atoms with Gasteiger partial charge in [-0.25, -0.2) is 9.69 Å². The Balaban J connectivity index is 2.38. The van der Waals surface area contributed by atoms with Gasteiger partial charge in [-0.2, -0.15) is 0 Å². The van der Waals surface area contributed by atoms with Crippen LogP contribution in [0.1, 0.15) is 33.6 Å². The van der Waals surface area contributed by atoms with Crippen molar-refractivity contribution in [1.82, 2.24) is 5.32 Å². The maximum atomic E-state index is 12.8. The van der Waals surface area contributed by atoms with E-state index in [1.807, 2.05) is 6.92 Å².